The van der Waals surface area contributed by atoms with E-state index in [4.69, 9.17) is 10.5 Å². The first-order valence-corrected chi connectivity index (χ1v) is 8.58. The lowest BCUT2D eigenvalue weighted by Gasteiger charge is -2.29. The van der Waals surface area contributed by atoms with Crippen molar-refractivity contribution < 1.29 is 13.9 Å². The quantitative estimate of drug-likeness (QED) is 0.736. The molecule has 1 aliphatic heterocycles. The molecule has 3 aromatic rings. The molecule has 1 amide bonds. The minimum Gasteiger partial charge on any atom is -0.378 e. The molecular weight excluding hydrogens is 349 g/mol. The number of morpholine rings is 1. The maximum atomic E-state index is 14.6. The number of nitrogens with two attached hydrogens (primary N) is 1. The fraction of sp³-hybridized carbons (Fsp3) is 0.211. The Hall–Kier alpha value is -3.26. The van der Waals surface area contributed by atoms with Crippen LogP contribution < -0.4 is 16.0 Å². The Morgan fingerprint density at radius 1 is 1.11 bits per heavy atom. The van der Waals surface area contributed by atoms with Crippen molar-refractivity contribution in [2.45, 2.75) is 0 Å². The van der Waals surface area contributed by atoms with Crippen LogP contribution in [0.4, 0.5) is 21.6 Å². The van der Waals surface area contributed by atoms with E-state index in [0.29, 0.717) is 48.7 Å². The summed E-state index contributed by atoms with van der Waals surface area (Å²) < 4.78 is 19.9. The van der Waals surface area contributed by atoms with Gasteiger partial charge in [-0.15, -0.1) is 0 Å². The molecule has 1 aliphatic rings. The van der Waals surface area contributed by atoms with Crippen LogP contribution in [0.5, 0.6) is 0 Å². The Balaban J connectivity index is 1.66. The predicted octanol–water partition coefficient (Wildman–Crippen LogP) is 2.45. The number of carbonyl (C=O) groups is 1. The highest BCUT2D eigenvalue weighted by molar-refractivity contribution is 5.98. The van der Waals surface area contributed by atoms with Crippen molar-refractivity contribution in [1.29, 1.82) is 0 Å². The number of halogens is 1. The maximum Gasteiger partial charge on any atom is 0.271 e. The average molecular weight is 367 g/mol. The highest BCUT2D eigenvalue weighted by Crippen LogP contribution is 2.26. The Morgan fingerprint density at radius 2 is 1.81 bits per heavy atom. The number of para-hydroxylation sites is 2. The summed E-state index contributed by atoms with van der Waals surface area (Å²) in [5, 5.41) is 2.96. The van der Waals surface area contributed by atoms with Crippen molar-refractivity contribution in [1.82, 2.24) is 9.97 Å². The zero-order valence-electron chi connectivity index (χ0n) is 14.5. The van der Waals surface area contributed by atoms with Crippen molar-refractivity contribution >= 4 is 34.1 Å². The van der Waals surface area contributed by atoms with Gasteiger partial charge in [0.1, 0.15) is 5.82 Å². The minimum atomic E-state index is -0.707. The number of anilines is 3. The summed E-state index contributed by atoms with van der Waals surface area (Å²) in [4.78, 5) is 22.4. The maximum absolute atomic E-state index is 14.6. The molecule has 2 aromatic carbocycles. The molecule has 8 heteroatoms. The first-order valence-electron chi connectivity index (χ1n) is 8.58. The minimum absolute atomic E-state index is 0.00589. The lowest BCUT2D eigenvalue weighted by Crippen LogP contribution is -2.36. The molecule has 0 saturated carbocycles. The summed E-state index contributed by atoms with van der Waals surface area (Å²) in [7, 11) is 0. The third-order valence-electron chi connectivity index (χ3n) is 4.37. The van der Waals surface area contributed by atoms with E-state index in [1.165, 1.54) is 6.07 Å². The van der Waals surface area contributed by atoms with Gasteiger partial charge in [0.15, 0.2) is 11.5 Å². The first-order chi connectivity index (χ1) is 13.1. The number of amides is 1. The molecule has 0 atom stereocenters. The molecule has 0 bridgehead atoms. The molecular formula is C19H18FN5O2. The Kier molecular flexibility index (Phi) is 4.55. The van der Waals surface area contributed by atoms with E-state index in [0.717, 1.165) is 0 Å². The van der Waals surface area contributed by atoms with Crippen molar-refractivity contribution in [3.05, 3.63) is 54.0 Å². The predicted molar refractivity (Wildman–Crippen MR) is 101 cm³/mol. The summed E-state index contributed by atoms with van der Waals surface area (Å²) in [5.74, 6) is -0.878. The molecule has 4 rings (SSSR count). The second-order valence-corrected chi connectivity index (χ2v) is 6.16. The number of aromatic nitrogens is 2. The van der Waals surface area contributed by atoms with E-state index < -0.39 is 5.91 Å². The molecule has 7 nitrogen and oxygen atoms in total. The number of primary amides is 1. The van der Waals surface area contributed by atoms with Gasteiger partial charge in [-0.1, -0.05) is 12.1 Å². The Bertz CT molecular complexity index is 1000. The van der Waals surface area contributed by atoms with Crippen LogP contribution in [-0.2, 0) is 4.74 Å². The van der Waals surface area contributed by atoms with Crippen LogP contribution in [0, 0.1) is 5.82 Å². The van der Waals surface area contributed by atoms with Gasteiger partial charge >= 0.3 is 0 Å². The standard InChI is InChI=1S/C19H18FN5O2/c20-13-11-12(5-6-16(13)25-7-9-27-10-8-25)22-19-17(18(21)26)23-14-3-1-2-4-15(14)24-19/h1-6,11H,7-10H2,(H2,21,26)(H,22,24). The van der Waals surface area contributed by atoms with E-state index in [2.05, 4.69) is 15.3 Å². The molecule has 0 radical (unpaired) electrons. The van der Waals surface area contributed by atoms with Crippen LogP contribution in [0.3, 0.4) is 0 Å². The van der Waals surface area contributed by atoms with Gasteiger partial charge < -0.3 is 20.7 Å². The smallest absolute Gasteiger partial charge is 0.271 e. The number of fused-ring (bicyclic) bond motifs is 1. The Labute approximate surface area is 155 Å². The second-order valence-electron chi connectivity index (χ2n) is 6.16. The third kappa shape index (κ3) is 3.52. The first kappa shape index (κ1) is 17.2. The van der Waals surface area contributed by atoms with Crippen LogP contribution in [0.25, 0.3) is 11.0 Å². The topological polar surface area (TPSA) is 93.4 Å². The van der Waals surface area contributed by atoms with Crippen molar-refractivity contribution in [2.24, 2.45) is 5.73 Å². The van der Waals surface area contributed by atoms with Crippen LogP contribution in [-0.4, -0.2) is 42.2 Å². The fourth-order valence-corrected chi connectivity index (χ4v) is 3.04. The van der Waals surface area contributed by atoms with Gasteiger partial charge in [0.05, 0.1) is 29.9 Å². The van der Waals surface area contributed by atoms with E-state index in [9.17, 15) is 9.18 Å². The number of nitrogens with zero attached hydrogens (tertiary/aromatic N) is 3. The van der Waals surface area contributed by atoms with E-state index in [1.807, 2.05) is 11.0 Å². The number of rotatable bonds is 4. The van der Waals surface area contributed by atoms with Gasteiger partial charge in [0.25, 0.3) is 5.91 Å². The number of ether oxygens (including phenoxy) is 1. The highest BCUT2D eigenvalue weighted by atomic mass is 19.1. The van der Waals surface area contributed by atoms with Gasteiger partial charge in [0.2, 0.25) is 0 Å². The molecule has 2 heterocycles. The summed E-state index contributed by atoms with van der Waals surface area (Å²) in [5.41, 5.74) is 7.58. The number of benzene rings is 2. The molecule has 138 valence electrons. The normalized spacial score (nSPS) is 14.3. The van der Waals surface area contributed by atoms with Crippen molar-refractivity contribution in [3.8, 4) is 0 Å². The van der Waals surface area contributed by atoms with Crippen molar-refractivity contribution in [3.63, 3.8) is 0 Å². The summed E-state index contributed by atoms with van der Waals surface area (Å²) >= 11 is 0. The average Bonchev–Trinajstić information content (AvgIpc) is 2.68. The van der Waals surface area contributed by atoms with Crippen molar-refractivity contribution in [2.75, 3.05) is 36.5 Å². The summed E-state index contributed by atoms with van der Waals surface area (Å²) in [6.45, 7) is 2.44. The van der Waals surface area contributed by atoms with Crippen LogP contribution in [0.1, 0.15) is 10.5 Å². The molecule has 1 aromatic heterocycles. The van der Waals surface area contributed by atoms with E-state index in [1.54, 1.807) is 30.3 Å². The zero-order valence-corrected chi connectivity index (χ0v) is 14.5. The van der Waals surface area contributed by atoms with Gasteiger partial charge in [-0.05, 0) is 30.3 Å². The fourth-order valence-electron chi connectivity index (χ4n) is 3.04. The van der Waals surface area contributed by atoms with Crippen LogP contribution >= 0.6 is 0 Å². The zero-order chi connectivity index (χ0) is 18.8. The van der Waals surface area contributed by atoms with Crippen LogP contribution in [0.15, 0.2) is 42.5 Å². The largest absolute Gasteiger partial charge is 0.378 e. The molecule has 1 saturated heterocycles. The molecule has 3 N–H and O–H groups in total. The second kappa shape index (κ2) is 7.16. The molecule has 0 spiro atoms. The number of carbonyl (C=O) groups excluding carboxylic acids is 1. The van der Waals surface area contributed by atoms with Gasteiger partial charge in [-0.3, -0.25) is 4.79 Å². The Morgan fingerprint density at radius 3 is 2.48 bits per heavy atom. The lowest BCUT2D eigenvalue weighted by molar-refractivity contribution is 0.0996. The molecule has 27 heavy (non-hydrogen) atoms. The molecule has 1 fully saturated rings. The molecule has 0 aliphatic carbocycles. The van der Waals surface area contributed by atoms with Gasteiger partial charge in [-0.2, -0.15) is 0 Å². The SMILES string of the molecule is NC(=O)c1nc2ccccc2nc1Nc1ccc(N2CCOCC2)c(F)c1. The number of nitrogens with one attached hydrogen (secondary N) is 1. The van der Waals surface area contributed by atoms with E-state index in [-0.39, 0.29) is 17.3 Å². The summed E-state index contributed by atoms with van der Waals surface area (Å²) in [6, 6.07) is 11.9. The number of hydrogen-bond donors (Lipinski definition) is 2. The monoisotopic (exact) mass is 367 g/mol. The van der Waals surface area contributed by atoms with Gasteiger partial charge in [0, 0.05) is 18.8 Å². The number of hydrogen-bond acceptors (Lipinski definition) is 6. The molecule has 0 unspecified atom stereocenters. The third-order valence-corrected chi connectivity index (χ3v) is 4.37. The summed E-state index contributed by atoms with van der Waals surface area (Å²) in [6.07, 6.45) is 0. The highest BCUT2D eigenvalue weighted by Gasteiger charge is 2.17. The van der Waals surface area contributed by atoms with Crippen LogP contribution in [0.2, 0.25) is 0 Å². The van der Waals surface area contributed by atoms with Gasteiger partial charge in [-0.25, -0.2) is 14.4 Å². The lowest BCUT2D eigenvalue weighted by atomic mass is 10.2. The van der Waals surface area contributed by atoms with E-state index >= 15 is 0 Å².